The molecule has 0 aromatic heterocycles. The van der Waals surface area contributed by atoms with Crippen molar-refractivity contribution in [1.82, 2.24) is 5.32 Å². The van der Waals surface area contributed by atoms with Crippen molar-refractivity contribution in [1.29, 1.82) is 0 Å². The fourth-order valence-corrected chi connectivity index (χ4v) is 2.21. The molecule has 0 fully saturated rings. The van der Waals surface area contributed by atoms with E-state index in [1.165, 1.54) is 25.0 Å². The first-order chi connectivity index (χ1) is 8.74. The minimum Gasteiger partial charge on any atom is -0.478 e. The highest BCUT2D eigenvalue weighted by Gasteiger charge is 2.02. The second kappa shape index (κ2) is 9.00. The van der Waals surface area contributed by atoms with Gasteiger partial charge in [0.1, 0.15) is 0 Å². The van der Waals surface area contributed by atoms with Crippen molar-refractivity contribution >= 4 is 17.7 Å². The summed E-state index contributed by atoms with van der Waals surface area (Å²) in [5, 5.41) is 12.2. The van der Waals surface area contributed by atoms with Crippen LogP contribution >= 0.6 is 11.8 Å². The summed E-state index contributed by atoms with van der Waals surface area (Å²) in [6.45, 7) is 1.73. The maximum Gasteiger partial charge on any atom is 0.335 e. The molecule has 0 spiro atoms. The third-order valence-electron chi connectivity index (χ3n) is 2.71. The second-order valence-electron chi connectivity index (χ2n) is 4.24. The number of benzene rings is 1. The quantitative estimate of drug-likeness (QED) is 0.675. The molecule has 3 nitrogen and oxygen atoms in total. The van der Waals surface area contributed by atoms with E-state index >= 15 is 0 Å². The maximum atomic E-state index is 10.8. The molecule has 0 amide bonds. The van der Waals surface area contributed by atoms with Gasteiger partial charge < -0.3 is 10.4 Å². The van der Waals surface area contributed by atoms with Gasteiger partial charge in [-0.25, -0.2) is 4.79 Å². The zero-order valence-corrected chi connectivity index (χ0v) is 11.6. The first kappa shape index (κ1) is 15.1. The lowest BCUT2D eigenvalue weighted by molar-refractivity contribution is 0.0696. The van der Waals surface area contributed by atoms with Crippen molar-refractivity contribution in [3.05, 3.63) is 35.4 Å². The average Bonchev–Trinajstić information content (AvgIpc) is 2.38. The van der Waals surface area contributed by atoms with Gasteiger partial charge in [-0.05, 0) is 49.1 Å². The van der Waals surface area contributed by atoms with Crippen LogP contribution in [-0.2, 0) is 6.54 Å². The number of carboxylic acid groups (broad SMARTS) is 1. The van der Waals surface area contributed by atoms with E-state index in [2.05, 4.69) is 11.6 Å². The average molecular weight is 267 g/mol. The smallest absolute Gasteiger partial charge is 0.335 e. The number of unbranched alkanes of at least 4 members (excludes halogenated alkanes) is 2. The number of rotatable bonds is 9. The predicted octanol–water partition coefficient (Wildman–Crippen LogP) is 3.01. The third kappa shape index (κ3) is 6.07. The molecule has 0 aliphatic heterocycles. The highest BCUT2D eigenvalue weighted by atomic mass is 32.2. The Balaban J connectivity index is 2.19. The number of hydrogen-bond acceptors (Lipinski definition) is 3. The van der Waals surface area contributed by atoms with Crippen LogP contribution in [0.2, 0.25) is 0 Å². The molecular formula is C14H21NO2S. The molecule has 18 heavy (non-hydrogen) atoms. The van der Waals surface area contributed by atoms with E-state index in [0.717, 1.165) is 18.7 Å². The molecule has 100 valence electrons. The van der Waals surface area contributed by atoms with E-state index in [9.17, 15) is 4.79 Å². The van der Waals surface area contributed by atoms with E-state index in [0.29, 0.717) is 5.56 Å². The minimum absolute atomic E-state index is 0.356. The van der Waals surface area contributed by atoms with Crippen LogP contribution in [0.15, 0.2) is 24.3 Å². The monoisotopic (exact) mass is 267 g/mol. The van der Waals surface area contributed by atoms with E-state index in [-0.39, 0.29) is 0 Å². The normalized spacial score (nSPS) is 10.5. The minimum atomic E-state index is -0.867. The van der Waals surface area contributed by atoms with E-state index < -0.39 is 5.97 Å². The molecule has 0 unspecified atom stereocenters. The van der Waals surface area contributed by atoms with Crippen molar-refractivity contribution in [3.63, 3.8) is 0 Å². The molecular weight excluding hydrogens is 246 g/mol. The fourth-order valence-electron chi connectivity index (χ4n) is 1.72. The van der Waals surface area contributed by atoms with Gasteiger partial charge in [0, 0.05) is 6.54 Å². The van der Waals surface area contributed by atoms with Crippen LogP contribution in [0.4, 0.5) is 0 Å². The summed E-state index contributed by atoms with van der Waals surface area (Å²) < 4.78 is 0. The van der Waals surface area contributed by atoms with Crippen LogP contribution in [-0.4, -0.2) is 29.6 Å². The van der Waals surface area contributed by atoms with Gasteiger partial charge in [-0.15, -0.1) is 0 Å². The van der Waals surface area contributed by atoms with E-state index in [1.54, 1.807) is 18.2 Å². The van der Waals surface area contributed by atoms with Gasteiger partial charge in [0.2, 0.25) is 0 Å². The van der Waals surface area contributed by atoms with Crippen molar-refractivity contribution in [2.24, 2.45) is 0 Å². The Kier molecular flexibility index (Phi) is 7.53. The second-order valence-corrected chi connectivity index (χ2v) is 5.22. The first-order valence-electron chi connectivity index (χ1n) is 6.26. The highest BCUT2D eigenvalue weighted by molar-refractivity contribution is 7.98. The Morgan fingerprint density at radius 3 is 2.89 bits per heavy atom. The number of thioether (sulfide) groups is 1. The molecule has 0 radical (unpaired) electrons. The summed E-state index contributed by atoms with van der Waals surface area (Å²) in [4.78, 5) is 10.8. The number of hydrogen-bond donors (Lipinski definition) is 2. The van der Waals surface area contributed by atoms with Crippen molar-refractivity contribution in [2.45, 2.75) is 25.8 Å². The van der Waals surface area contributed by atoms with Crippen LogP contribution in [0.3, 0.4) is 0 Å². The summed E-state index contributed by atoms with van der Waals surface area (Å²) in [6.07, 6.45) is 5.84. The fraction of sp³-hybridized carbons (Fsp3) is 0.500. The van der Waals surface area contributed by atoms with Crippen LogP contribution in [0, 0.1) is 0 Å². The lowest BCUT2D eigenvalue weighted by Crippen LogP contribution is -2.15. The van der Waals surface area contributed by atoms with Crippen molar-refractivity contribution < 1.29 is 9.90 Å². The molecule has 2 N–H and O–H groups in total. The summed E-state index contributed by atoms with van der Waals surface area (Å²) in [7, 11) is 0. The van der Waals surface area contributed by atoms with Crippen LogP contribution in [0.1, 0.15) is 35.2 Å². The predicted molar refractivity (Wildman–Crippen MR) is 77.3 cm³/mol. The summed E-state index contributed by atoms with van der Waals surface area (Å²) >= 11 is 1.89. The number of nitrogens with one attached hydrogen (secondary N) is 1. The molecule has 4 heteroatoms. The van der Waals surface area contributed by atoms with E-state index in [1.807, 2.05) is 17.8 Å². The summed E-state index contributed by atoms with van der Waals surface area (Å²) in [5.74, 6) is 0.370. The maximum absolute atomic E-state index is 10.8. The zero-order valence-electron chi connectivity index (χ0n) is 10.8. The topological polar surface area (TPSA) is 49.3 Å². The number of carboxylic acids is 1. The molecule has 0 atom stereocenters. The van der Waals surface area contributed by atoms with Gasteiger partial charge in [-0.2, -0.15) is 11.8 Å². The Hall–Kier alpha value is -1.00. The SMILES string of the molecule is CSCCCCCNCc1cccc(C(=O)O)c1. The highest BCUT2D eigenvalue weighted by Crippen LogP contribution is 2.05. The van der Waals surface area contributed by atoms with Gasteiger partial charge in [0.05, 0.1) is 5.56 Å². The zero-order chi connectivity index (χ0) is 13.2. The number of carbonyl (C=O) groups is 1. The van der Waals surface area contributed by atoms with Gasteiger partial charge in [-0.3, -0.25) is 0 Å². The van der Waals surface area contributed by atoms with Gasteiger partial charge in [0.15, 0.2) is 0 Å². The summed E-state index contributed by atoms with van der Waals surface area (Å²) in [5.41, 5.74) is 1.38. The Bertz CT molecular complexity index is 369. The first-order valence-corrected chi connectivity index (χ1v) is 7.65. The molecule has 0 aliphatic rings. The largest absolute Gasteiger partial charge is 0.478 e. The lowest BCUT2D eigenvalue weighted by atomic mass is 10.1. The molecule has 0 saturated heterocycles. The molecule has 1 aromatic carbocycles. The Labute approximate surface area is 113 Å². The Morgan fingerprint density at radius 2 is 2.17 bits per heavy atom. The molecule has 1 rings (SSSR count). The van der Waals surface area contributed by atoms with Crippen molar-refractivity contribution in [3.8, 4) is 0 Å². The van der Waals surface area contributed by atoms with Crippen LogP contribution in [0.25, 0.3) is 0 Å². The third-order valence-corrected chi connectivity index (χ3v) is 3.40. The van der Waals surface area contributed by atoms with Gasteiger partial charge in [-0.1, -0.05) is 18.6 Å². The molecule has 0 heterocycles. The molecule has 0 saturated carbocycles. The van der Waals surface area contributed by atoms with Crippen LogP contribution in [0.5, 0.6) is 0 Å². The number of aromatic carboxylic acids is 1. The molecule has 0 aliphatic carbocycles. The van der Waals surface area contributed by atoms with Crippen molar-refractivity contribution in [2.75, 3.05) is 18.6 Å². The molecule has 1 aromatic rings. The summed E-state index contributed by atoms with van der Waals surface area (Å²) in [6, 6.07) is 7.09. The van der Waals surface area contributed by atoms with Crippen LogP contribution < -0.4 is 5.32 Å². The standard InChI is InChI=1S/C14H21NO2S/c1-18-9-4-2-3-8-15-11-12-6-5-7-13(10-12)14(16)17/h5-7,10,15H,2-4,8-9,11H2,1H3,(H,16,17). The van der Waals surface area contributed by atoms with Gasteiger partial charge >= 0.3 is 5.97 Å². The lowest BCUT2D eigenvalue weighted by Gasteiger charge is -2.05. The van der Waals surface area contributed by atoms with Gasteiger partial charge in [0.25, 0.3) is 0 Å². The molecule has 0 bridgehead atoms. The Morgan fingerprint density at radius 1 is 1.33 bits per heavy atom. The van der Waals surface area contributed by atoms with E-state index in [4.69, 9.17) is 5.11 Å².